The topological polar surface area (TPSA) is 118 Å². The fourth-order valence-electron chi connectivity index (χ4n) is 2.01. The minimum atomic E-state index is -3.67. The van der Waals surface area contributed by atoms with Gasteiger partial charge in [0.2, 0.25) is 15.9 Å². The van der Waals surface area contributed by atoms with Gasteiger partial charge in [-0.15, -0.1) is 0 Å². The molecule has 0 atom stereocenters. The molecule has 10 heteroatoms. The summed E-state index contributed by atoms with van der Waals surface area (Å²) in [6, 6.07) is 8.54. The van der Waals surface area contributed by atoms with E-state index in [4.69, 9.17) is 4.74 Å². The van der Waals surface area contributed by atoms with Crippen LogP contribution in [0.2, 0.25) is 0 Å². The summed E-state index contributed by atoms with van der Waals surface area (Å²) in [5, 5.41) is 0. The molecule has 0 saturated heterocycles. The highest BCUT2D eigenvalue weighted by Gasteiger charge is 2.19. The van der Waals surface area contributed by atoms with Crippen LogP contribution in [-0.4, -0.2) is 50.2 Å². The molecule has 0 aliphatic rings. The van der Waals surface area contributed by atoms with E-state index in [-0.39, 0.29) is 16.0 Å². The normalized spacial score (nSPS) is 11.1. The summed E-state index contributed by atoms with van der Waals surface area (Å²) in [6.07, 6.45) is 1.32. The smallest absolute Gasteiger partial charge is 0.271 e. The van der Waals surface area contributed by atoms with Crippen LogP contribution in [0.1, 0.15) is 27.6 Å². The first-order valence-electron chi connectivity index (χ1n) is 7.98. The number of sulfonamides is 1. The summed E-state index contributed by atoms with van der Waals surface area (Å²) in [6.45, 7) is 2.27. The summed E-state index contributed by atoms with van der Waals surface area (Å²) in [5.41, 5.74) is 4.80. The van der Waals surface area contributed by atoms with Crippen LogP contribution in [0.25, 0.3) is 0 Å². The maximum absolute atomic E-state index is 12.2. The van der Waals surface area contributed by atoms with E-state index in [2.05, 4.69) is 15.8 Å². The standard InChI is InChI=1S/C17H20N4O5S/c1-4-26-15-9-8-13(11-18-15)17(23)20-19-16(22)12-6-5-7-14(10-12)27(24,25)21(2)3/h5-11H,4H2,1-3H3,(H,19,22)(H,20,23). The second kappa shape index (κ2) is 8.60. The number of carbonyl (C=O) groups excluding carboxylic acids is 2. The van der Waals surface area contributed by atoms with Gasteiger partial charge in [0, 0.05) is 31.9 Å². The van der Waals surface area contributed by atoms with Crippen LogP contribution in [0, 0.1) is 0 Å². The average molecular weight is 392 g/mol. The lowest BCUT2D eigenvalue weighted by atomic mass is 10.2. The Balaban J connectivity index is 2.04. The third-order valence-corrected chi connectivity index (χ3v) is 5.27. The SMILES string of the molecule is CCOc1ccc(C(=O)NNC(=O)c2cccc(S(=O)(=O)N(C)C)c2)cn1. The van der Waals surface area contributed by atoms with Gasteiger partial charge in [0.1, 0.15) is 0 Å². The molecule has 0 fully saturated rings. The summed E-state index contributed by atoms with van der Waals surface area (Å²) < 4.78 is 30.5. The largest absolute Gasteiger partial charge is 0.478 e. The van der Waals surface area contributed by atoms with E-state index in [1.54, 1.807) is 0 Å². The van der Waals surface area contributed by atoms with Crippen LogP contribution in [0.15, 0.2) is 47.5 Å². The Labute approximate surface area is 157 Å². The zero-order valence-electron chi connectivity index (χ0n) is 15.1. The first-order valence-corrected chi connectivity index (χ1v) is 9.42. The average Bonchev–Trinajstić information content (AvgIpc) is 2.66. The van der Waals surface area contributed by atoms with Crippen molar-refractivity contribution in [1.82, 2.24) is 20.1 Å². The fourth-order valence-corrected chi connectivity index (χ4v) is 2.96. The maximum Gasteiger partial charge on any atom is 0.271 e. The molecule has 2 N–H and O–H groups in total. The minimum absolute atomic E-state index is 0.0258. The van der Waals surface area contributed by atoms with Crippen molar-refractivity contribution in [3.8, 4) is 5.88 Å². The number of hydrogen-bond donors (Lipinski definition) is 2. The molecule has 0 radical (unpaired) electrons. The highest BCUT2D eigenvalue weighted by molar-refractivity contribution is 7.89. The molecular weight excluding hydrogens is 372 g/mol. The number of hydrazine groups is 1. The number of benzene rings is 1. The first kappa shape index (κ1) is 20.3. The quantitative estimate of drug-likeness (QED) is 0.703. The number of nitrogens with one attached hydrogen (secondary N) is 2. The molecule has 27 heavy (non-hydrogen) atoms. The van der Waals surface area contributed by atoms with Crippen molar-refractivity contribution in [2.45, 2.75) is 11.8 Å². The number of carbonyl (C=O) groups is 2. The van der Waals surface area contributed by atoms with E-state index in [0.29, 0.717) is 12.5 Å². The molecular formula is C17H20N4O5S. The third-order valence-electron chi connectivity index (χ3n) is 3.46. The monoisotopic (exact) mass is 392 g/mol. The predicted octanol–water partition coefficient (Wildman–Crippen LogP) is 0.805. The van der Waals surface area contributed by atoms with E-state index in [9.17, 15) is 18.0 Å². The molecule has 144 valence electrons. The van der Waals surface area contributed by atoms with E-state index in [1.807, 2.05) is 6.92 Å². The van der Waals surface area contributed by atoms with Crippen molar-refractivity contribution in [2.75, 3.05) is 20.7 Å². The van der Waals surface area contributed by atoms with Crippen molar-refractivity contribution < 1.29 is 22.7 Å². The molecule has 1 heterocycles. The predicted molar refractivity (Wildman–Crippen MR) is 97.7 cm³/mol. The fraction of sp³-hybridized carbons (Fsp3) is 0.235. The van der Waals surface area contributed by atoms with Crippen molar-refractivity contribution >= 4 is 21.8 Å². The second-order valence-electron chi connectivity index (χ2n) is 5.54. The Morgan fingerprint density at radius 1 is 1.07 bits per heavy atom. The lowest BCUT2D eigenvalue weighted by Crippen LogP contribution is -2.41. The lowest BCUT2D eigenvalue weighted by molar-refractivity contribution is 0.0846. The van der Waals surface area contributed by atoms with Crippen LogP contribution in [0.5, 0.6) is 5.88 Å². The highest BCUT2D eigenvalue weighted by atomic mass is 32.2. The Morgan fingerprint density at radius 3 is 2.30 bits per heavy atom. The van der Waals surface area contributed by atoms with Gasteiger partial charge in [0.15, 0.2) is 0 Å². The van der Waals surface area contributed by atoms with Gasteiger partial charge in [-0.3, -0.25) is 20.4 Å². The summed E-state index contributed by atoms with van der Waals surface area (Å²) in [4.78, 5) is 28.2. The number of hydrogen-bond acceptors (Lipinski definition) is 6. The van der Waals surface area contributed by atoms with Crippen LogP contribution in [-0.2, 0) is 10.0 Å². The molecule has 0 saturated carbocycles. The molecule has 2 rings (SSSR count). The Kier molecular flexibility index (Phi) is 6.48. The molecule has 9 nitrogen and oxygen atoms in total. The first-order chi connectivity index (χ1) is 12.8. The van der Waals surface area contributed by atoms with Gasteiger partial charge in [0.05, 0.1) is 17.1 Å². The summed E-state index contributed by atoms with van der Waals surface area (Å²) in [5.74, 6) is -0.842. The van der Waals surface area contributed by atoms with Crippen LogP contribution in [0.3, 0.4) is 0 Å². The van der Waals surface area contributed by atoms with Crippen molar-refractivity contribution in [3.63, 3.8) is 0 Å². The molecule has 0 aliphatic heterocycles. The number of rotatable bonds is 6. The second-order valence-corrected chi connectivity index (χ2v) is 7.69. The molecule has 0 aliphatic carbocycles. The number of pyridine rings is 1. The number of amides is 2. The Hall–Kier alpha value is -2.98. The van der Waals surface area contributed by atoms with Crippen molar-refractivity contribution in [2.24, 2.45) is 0 Å². The molecule has 0 bridgehead atoms. The number of nitrogens with zero attached hydrogens (tertiary/aromatic N) is 2. The van der Waals surface area contributed by atoms with Crippen molar-refractivity contribution in [1.29, 1.82) is 0 Å². The van der Waals surface area contributed by atoms with E-state index in [0.717, 1.165) is 4.31 Å². The number of aromatic nitrogens is 1. The van der Waals surface area contributed by atoms with Crippen LogP contribution < -0.4 is 15.6 Å². The van der Waals surface area contributed by atoms with Crippen LogP contribution in [0.4, 0.5) is 0 Å². The lowest BCUT2D eigenvalue weighted by Gasteiger charge is -2.12. The Bertz CT molecular complexity index is 927. The molecule has 1 aromatic heterocycles. The third kappa shape index (κ3) is 5.02. The van der Waals surface area contributed by atoms with E-state index in [1.165, 1.54) is 56.7 Å². The summed E-state index contributed by atoms with van der Waals surface area (Å²) >= 11 is 0. The highest BCUT2D eigenvalue weighted by Crippen LogP contribution is 2.14. The van der Waals surface area contributed by atoms with E-state index < -0.39 is 21.8 Å². The molecule has 0 spiro atoms. The molecule has 1 aromatic carbocycles. The number of ether oxygens (including phenoxy) is 1. The summed E-state index contributed by atoms with van der Waals surface area (Å²) in [7, 11) is -0.878. The minimum Gasteiger partial charge on any atom is -0.478 e. The molecule has 0 unspecified atom stereocenters. The van der Waals surface area contributed by atoms with E-state index >= 15 is 0 Å². The Morgan fingerprint density at radius 2 is 1.74 bits per heavy atom. The van der Waals surface area contributed by atoms with Gasteiger partial charge in [0.25, 0.3) is 11.8 Å². The van der Waals surface area contributed by atoms with Gasteiger partial charge < -0.3 is 4.74 Å². The zero-order chi connectivity index (χ0) is 20.0. The zero-order valence-corrected chi connectivity index (χ0v) is 15.9. The van der Waals surface area contributed by atoms with Gasteiger partial charge in [-0.25, -0.2) is 17.7 Å². The maximum atomic E-state index is 12.2. The van der Waals surface area contributed by atoms with Gasteiger partial charge in [-0.05, 0) is 31.2 Å². The molecule has 2 aromatic rings. The van der Waals surface area contributed by atoms with Crippen LogP contribution >= 0.6 is 0 Å². The van der Waals surface area contributed by atoms with Gasteiger partial charge >= 0.3 is 0 Å². The van der Waals surface area contributed by atoms with Crippen molar-refractivity contribution in [3.05, 3.63) is 53.7 Å². The van der Waals surface area contributed by atoms with Gasteiger partial charge in [-0.2, -0.15) is 0 Å². The molecule has 2 amide bonds. The van der Waals surface area contributed by atoms with Gasteiger partial charge in [-0.1, -0.05) is 6.07 Å².